The molecule has 0 spiro atoms. The molecule has 0 aliphatic rings. The standard InChI is InChI=1S/C23H21ClN4O3/c1-4-11-31-18-10-5-14(2)12-17(18)20-25-21-19(22(29)26-23(30)27(21)3)28(20)13-15-6-8-16(24)9-7-15/h4-10,12H,1,11,13H2,2-3H3,(H,26,29,30). The molecule has 7 nitrogen and oxygen atoms in total. The second-order valence-corrected chi connectivity index (χ2v) is 7.67. The van der Waals surface area contributed by atoms with E-state index in [9.17, 15) is 9.59 Å². The van der Waals surface area contributed by atoms with Crippen molar-refractivity contribution in [1.29, 1.82) is 0 Å². The van der Waals surface area contributed by atoms with Crippen molar-refractivity contribution >= 4 is 22.8 Å². The van der Waals surface area contributed by atoms with E-state index in [1.165, 1.54) is 4.57 Å². The van der Waals surface area contributed by atoms with Crippen LogP contribution in [0.15, 0.2) is 64.7 Å². The van der Waals surface area contributed by atoms with Crippen LogP contribution in [0.5, 0.6) is 5.75 Å². The van der Waals surface area contributed by atoms with Gasteiger partial charge in [0, 0.05) is 18.6 Å². The minimum atomic E-state index is -0.521. The first-order valence-electron chi connectivity index (χ1n) is 9.67. The zero-order valence-electron chi connectivity index (χ0n) is 17.2. The molecule has 0 aliphatic carbocycles. The Hall–Kier alpha value is -3.58. The first-order chi connectivity index (χ1) is 14.9. The molecule has 2 aromatic carbocycles. The second kappa shape index (κ2) is 8.28. The van der Waals surface area contributed by atoms with E-state index < -0.39 is 11.2 Å². The van der Waals surface area contributed by atoms with Gasteiger partial charge in [-0.15, -0.1) is 0 Å². The third-order valence-corrected chi connectivity index (χ3v) is 5.25. The molecule has 0 atom stereocenters. The average molecular weight is 437 g/mol. The van der Waals surface area contributed by atoms with Crippen LogP contribution in [0.3, 0.4) is 0 Å². The van der Waals surface area contributed by atoms with E-state index in [0.717, 1.165) is 16.7 Å². The SMILES string of the molecule is C=CCOc1ccc(C)cc1-c1nc2c(c(=O)[nH]c(=O)n2C)n1Cc1ccc(Cl)cc1. The van der Waals surface area contributed by atoms with Gasteiger partial charge in [0.25, 0.3) is 5.56 Å². The monoisotopic (exact) mass is 436 g/mol. The summed E-state index contributed by atoms with van der Waals surface area (Å²) < 4.78 is 8.98. The molecule has 0 fully saturated rings. The first kappa shape index (κ1) is 20.7. The maximum Gasteiger partial charge on any atom is 0.329 e. The van der Waals surface area contributed by atoms with E-state index in [1.54, 1.807) is 29.8 Å². The van der Waals surface area contributed by atoms with Gasteiger partial charge < -0.3 is 9.30 Å². The highest BCUT2D eigenvalue weighted by Gasteiger charge is 2.21. The molecule has 8 heteroatoms. The predicted octanol–water partition coefficient (Wildman–Crippen LogP) is 3.67. The van der Waals surface area contributed by atoms with Gasteiger partial charge in [0.1, 0.15) is 18.2 Å². The van der Waals surface area contributed by atoms with E-state index >= 15 is 0 Å². The molecule has 4 aromatic rings. The number of aryl methyl sites for hydroxylation is 2. The Balaban J connectivity index is 2.02. The Kier molecular flexibility index (Phi) is 5.52. The fourth-order valence-electron chi connectivity index (χ4n) is 3.46. The number of ether oxygens (including phenoxy) is 1. The number of aromatic nitrogens is 4. The van der Waals surface area contributed by atoms with Gasteiger partial charge in [-0.2, -0.15) is 0 Å². The lowest BCUT2D eigenvalue weighted by atomic mass is 10.1. The molecular weight excluding hydrogens is 416 g/mol. The summed E-state index contributed by atoms with van der Waals surface area (Å²) in [5.74, 6) is 1.14. The summed E-state index contributed by atoms with van der Waals surface area (Å²) >= 11 is 6.03. The highest BCUT2D eigenvalue weighted by molar-refractivity contribution is 6.30. The summed E-state index contributed by atoms with van der Waals surface area (Å²) in [4.78, 5) is 32.0. The number of benzene rings is 2. The smallest absolute Gasteiger partial charge is 0.329 e. The van der Waals surface area contributed by atoms with Gasteiger partial charge in [0.15, 0.2) is 11.2 Å². The average Bonchev–Trinajstić information content (AvgIpc) is 3.12. The molecule has 1 N–H and O–H groups in total. The van der Waals surface area contributed by atoms with Gasteiger partial charge in [-0.1, -0.05) is 48.0 Å². The van der Waals surface area contributed by atoms with E-state index in [0.29, 0.717) is 40.9 Å². The maximum absolute atomic E-state index is 12.8. The molecule has 0 amide bonds. The Labute approximate surface area is 183 Å². The molecule has 0 saturated heterocycles. The van der Waals surface area contributed by atoms with Gasteiger partial charge in [0.05, 0.1) is 5.56 Å². The van der Waals surface area contributed by atoms with Crippen molar-refractivity contribution in [3.63, 3.8) is 0 Å². The number of aromatic amines is 1. The lowest BCUT2D eigenvalue weighted by Crippen LogP contribution is -2.29. The topological polar surface area (TPSA) is 81.9 Å². The van der Waals surface area contributed by atoms with Gasteiger partial charge in [-0.3, -0.25) is 14.3 Å². The van der Waals surface area contributed by atoms with Crippen LogP contribution in [0, 0.1) is 6.92 Å². The molecule has 0 unspecified atom stereocenters. The van der Waals surface area contributed by atoms with Crippen molar-refractivity contribution in [2.24, 2.45) is 7.05 Å². The maximum atomic E-state index is 12.8. The Morgan fingerprint density at radius 2 is 1.94 bits per heavy atom. The number of fused-ring (bicyclic) bond motifs is 1. The summed E-state index contributed by atoms with van der Waals surface area (Å²) in [5.41, 5.74) is 2.25. The van der Waals surface area contributed by atoms with Crippen LogP contribution in [0.4, 0.5) is 0 Å². The Bertz CT molecular complexity index is 1400. The largest absolute Gasteiger partial charge is 0.489 e. The van der Waals surface area contributed by atoms with E-state index in [4.69, 9.17) is 21.3 Å². The number of imidazole rings is 1. The second-order valence-electron chi connectivity index (χ2n) is 7.24. The normalized spacial score (nSPS) is 11.1. The van der Waals surface area contributed by atoms with Crippen LogP contribution in [0.1, 0.15) is 11.1 Å². The first-order valence-corrected chi connectivity index (χ1v) is 10.1. The molecule has 2 heterocycles. The molecule has 0 aliphatic heterocycles. The number of H-pyrrole nitrogens is 1. The van der Waals surface area contributed by atoms with Crippen molar-refractivity contribution in [2.45, 2.75) is 13.5 Å². The zero-order chi connectivity index (χ0) is 22.1. The van der Waals surface area contributed by atoms with Crippen LogP contribution < -0.4 is 16.0 Å². The number of hydrogen-bond acceptors (Lipinski definition) is 4. The molecule has 31 heavy (non-hydrogen) atoms. The summed E-state index contributed by atoms with van der Waals surface area (Å²) in [7, 11) is 1.58. The van der Waals surface area contributed by atoms with Crippen molar-refractivity contribution in [1.82, 2.24) is 19.1 Å². The minimum Gasteiger partial charge on any atom is -0.489 e. The number of nitrogens with zero attached hydrogens (tertiary/aromatic N) is 3. The van der Waals surface area contributed by atoms with E-state index in [1.807, 2.05) is 37.3 Å². The molecule has 0 bridgehead atoms. The molecule has 158 valence electrons. The lowest BCUT2D eigenvalue weighted by molar-refractivity contribution is 0.364. The third-order valence-electron chi connectivity index (χ3n) is 4.99. The van der Waals surface area contributed by atoms with Crippen LogP contribution in [0.2, 0.25) is 5.02 Å². The number of nitrogens with one attached hydrogen (secondary N) is 1. The van der Waals surface area contributed by atoms with Gasteiger partial charge in [-0.25, -0.2) is 9.78 Å². The Morgan fingerprint density at radius 1 is 1.19 bits per heavy atom. The molecular formula is C23H21ClN4O3. The highest BCUT2D eigenvalue weighted by Crippen LogP contribution is 2.32. The van der Waals surface area contributed by atoms with Crippen LogP contribution >= 0.6 is 11.6 Å². The van der Waals surface area contributed by atoms with Crippen LogP contribution in [-0.4, -0.2) is 25.7 Å². The highest BCUT2D eigenvalue weighted by atomic mass is 35.5. The fraction of sp³-hybridized carbons (Fsp3) is 0.174. The molecule has 0 saturated carbocycles. The summed E-state index contributed by atoms with van der Waals surface area (Å²) in [6, 6.07) is 13.1. The summed E-state index contributed by atoms with van der Waals surface area (Å²) in [6.07, 6.45) is 1.66. The number of hydrogen-bond donors (Lipinski definition) is 1. The third kappa shape index (κ3) is 3.92. The van der Waals surface area contributed by atoms with Crippen LogP contribution in [-0.2, 0) is 13.6 Å². The number of halogens is 1. The summed E-state index contributed by atoms with van der Waals surface area (Å²) in [5, 5.41) is 0.624. The van der Waals surface area contributed by atoms with Crippen molar-refractivity contribution in [3.05, 3.63) is 92.1 Å². The predicted molar refractivity (Wildman–Crippen MR) is 122 cm³/mol. The van der Waals surface area contributed by atoms with Crippen molar-refractivity contribution < 1.29 is 4.74 Å². The van der Waals surface area contributed by atoms with Crippen LogP contribution in [0.25, 0.3) is 22.6 Å². The van der Waals surface area contributed by atoms with Gasteiger partial charge in [0.2, 0.25) is 0 Å². The fourth-order valence-corrected chi connectivity index (χ4v) is 3.59. The van der Waals surface area contributed by atoms with E-state index in [2.05, 4.69) is 11.6 Å². The Morgan fingerprint density at radius 3 is 2.65 bits per heavy atom. The molecule has 0 radical (unpaired) electrons. The minimum absolute atomic E-state index is 0.300. The number of rotatable bonds is 6. The molecule has 2 aromatic heterocycles. The van der Waals surface area contributed by atoms with Crippen molar-refractivity contribution in [3.8, 4) is 17.1 Å². The lowest BCUT2D eigenvalue weighted by Gasteiger charge is -2.14. The zero-order valence-corrected chi connectivity index (χ0v) is 17.9. The van der Waals surface area contributed by atoms with Crippen molar-refractivity contribution in [2.75, 3.05) is 6.61 Å². The quantitative estimate of drug-likeness (QED) is 0.467. The van der Waals surface area contributed by atoms with Gasteiger partial charge in [-0.05, 0) is 36.8 Å². The molecule has 4 rings (SSSR count). The van der Waals surface area contributed by atoms with Gasteiger partial charge >= 0.3 is 5.69 Å². The summed E-state index contributed by atoms with van der Waals surface area (Å²) in [6.45, 7) is 6.36. The van der Waals surface area contributed by atoms with E-state index in [-0.39, 0.29) is 0 Å².